The molecule has 0 aliphatic rings. The first-order chi connectivity index (χ1) is 11.7. The zero-order valence-corrected chi connectivity index (χ0v) is 15.4. The molecule has 0 saturated carbocycles. The van der Waals surface area contributed by atoms with Gasteiger partial charge in [0.2, 0.25) is 11.0 Å². The molecular formula is C18H25N3O2S. The summed E-state index contributed by atoms with van der Waals surface area (Å²) in [6, 6.07) is 7.79. The third-order valence-electron chi connectivity index (χ3n) is 3.55. The molecule has 130 valence electrons. The molecule has 24 heavy (non-hydrogen) atoms. The van der Waals surface area contributed by atoms with Crippen molar-refractivity contribution in [2.24, 2.45) is 0 Å². The topological polar surface area (TPSA) is 55.3 Å². The van der Waals surface area contributed by atoms with Crippen molar-refractivity contribution >= 4 is 22.4 Å². The largest absolute Gasteiger partial charge is 0.494 e. The van der Waals surface area contributed by atoms with Crippen LogP contribution in [-0.4, -0.2) is 29.3 Å². The van der Waals surface area contributed by atoms with Crippen LogP contribution in [0.4, 0.5) is 5.13 Å². The molecule has 1 amide bonds. The number of aromatic nitrogens is 2. The van der Waals surface area contributed by atoms with Gasteiger partial charge in [-0.1, -0.05) is 31.6 Å². The summed E-state index contributed by atoms with van der Waals surface area (Å²) >= 11 is 1.46. The molecule has 2 rings (SSSR count). The van der Waals surface area contributed by atoms with E-state index in [-0.39, 0.29) is 5.91 Å². The Balaban J connectivity index is 2.15. The number of benzene rings is 1. The molecule has 0 N–H and O–H groups in total. The normalized spacial score (nSPS) is 10.6. The Morgan fingerprint density at radius 3 is 2.50 bits per heavy atom. The van der Waals surface area contributed by atoms with Gasteiger partial charge in [0.05, 0.1) is 6.61 Å². The van der Waals surface area contributed by atoms with Gasteiger partial charge in [0.1, 0.15) is 10.8 Å². The molecule has 0 atom stereocenters. The fraction of sp³-hybridized carbons (Fsp3) is 0.500. The number of amides is 1. The quantitative estimate of drug-likeness (QED) is 0.668. The SMILES string of the molecule is CCCCC(=O)N(CCC)c1nnc(-c2ccc(OCC)cc2)s1. The number of carbonyl (C=O) groups is 1. The van der Waals surface area contributed by atoms with Crippen molar-refractivity contribution in [1.29, 1.82) is 0 Å². The molecule has 0 fully saturated rings. The van der Waals surface area contributed by atoms with Gasteiger partial charge in [0.25, 0.3) is 0 Å². The lowest BCUT2D eigenvalue weighted by molar-refractivity contribution is -0.118. The minimum atomic E-state index is 0.132. The molecule has 0 aliphatic carbocycles. The van der Waals surface area contributed by atoms with Crippen molar-refractivity contribution in [2.45, 2.75) is 46.5 Å². The van der Waals surface area contributed by atoms with Crippen LogP contribution in [0.25, 0.3) is 10.6 Å². The van der Waals surface area contributed by atoms with Gasteiger partial charge in [-0.25, -0.2) is 0 Å². The summed E-state index contributed by atoms with van der Waals surface area (Å²) in [5.74, 6) is 0.974. The minimum Gasteiger partial charge on any atom is -0.494 e. The minimum absolute atomic E-state index is 0.132. The summed E-state index contributed by atoms with van der Waals surface area (Å²) in [6.45, 7) is 7.44. The summed E-state index contributed by atoms with van der Waals surface area (Å²) < 4.78 is 5.46. The smallest absolute Gasteiger partial charge is 0.228 e. The van der Waals surface area contributed by atoms with Crippen LogP contribution in [0.5, 0.6) is 5.75 Å². The molecule has 1 aromatic heterocycles. The van der Waals surface area contributed by atoms with Crippen molar-refractivity contribution in [3.8, 4) is 16.3 Å². The predicted molar refractivity (Wildman–Crippen MR) is 98.7 cm³/mol. The highest BCUT2D eigenvalue weighted by Gasteiger charge is 2.19. The highest BCUT2D eigenvalue weighted by molar-refractivity contribution is 7.18. The van der Waals surface area contributed by atoms with Crippen LogP contribution in [0.3, 0.4) is 0 Å². The van der Waals surface area contributed by atoms with Crippen LogP contribution in [-0.2, 0) is 4.79 Å². The summed E-state index contributed by atoms with van der Waals surface area (Å²) in [7, 11) is 0. The summed E-state index contributed by atoms with van der Waals surface area (Å²) in [5, 5.41) is 10.0. The first kappa shape index (κ1) is 18.4. The maximum atomic E-state index is 12.4. The maximum Gasteiger partial charge on any atom is 0.228 e. The van der Waals surface area contributed by atoms with E-state index in [1.54, 1.807) is 4.90 Å². The van der Waals surface area contributed by atoms with Crippen LogP contribution in [0.1, 0.15) is 46.5 Å². The predicted octanol–water partition coefficient (Wildman–Crippen LogP) is 4.54. The monoisotopic (exact) mass is 347 g/mol. The van der Waals surface area contributed by atoms with Gasteiger partial charge in [-0.15, -0.1) is 10.2 Å². The van der Waals surface area contributed by atoms with Crippen LogP contribution in [0.15, 0.2) is 24.3 Å². The van der Waals surface area contributed by atoms with E-state index in [2.05, 4.69) is 24.0 Å². The van der Waals surface area contributed by atoms with E-state index >= 15 is 0 Å². The lowest BCUT2D eigenvalue weighted by Crippen LogP contribution is -2.31. The van der Waals surface area contributed by atoms with Gasteiger partial charge in [-0.3, -0.25) is 9.69 Å². The van der Waals surface area contributed by atoms with Crippen molar-refractivity contribution < 1.29 is 9.53 Å². The number of hydrogen-bond donors (Lipinski definition) is 0. The van der Waals surface area contributed by atoms with Crippen LogP contribution in [0, 0.1) is 0 Å². The van der Waals surface area contributed by atoms with Crippen molar-refractivity contribution in [3.63, 3.8) is 0 Å². The molecule has 6 heteroatoms. The van der Waals surface area contributed by atoms with E-state index in [1.165, 1.54) is 11.3 Å². The Morgan fingerprint density at radius 1 is 1.12 bits per heavy atom. The average Bonchev–Trinajstić information content (AvgIpc) is 3.08. The molecule has 0 radical (unpaired) electrons. The molecule has 0 saturated heterocycles. The van der Waals surface area contributed by atoms with Crippen molar-refractivity contribution in [1.82, 2.24) is 10.2 Å². The zero-order chi connectivity index (χ0) is 17.4. The van der Waals surface area contributed by atoms with E-state index in [9.17, 15) is 4.79 Å². The number of ether oxygens (including phenoxy) is 1. The molecule has 0 bridgehead atoms. The third kappa shape index (κ3) is 4.77. The molecule has 0 unspecified atom stereocenters. The van der Waals surface area contributed by atoms with Crippen LogP contribution < -0.4 is 9.64 Å². The Labute approximate surface area is 147 Å². The Morgan fingerprint density at radius 2 is 1.88 bits per heavy atom. The molecule has 0 aliphatic heterocycles. The first-order valence-electron chi connectivity index (χ1n) is 8.56. The summed E-state index contributed by atoms with van der Waals surface area (Å²) in [4.78, 5) is 14.2. The summed E-state index contributed by atoms with van der Waals surface area (Å²) in [5.41, 5.74) is 0.986. The zero-order valence-electron chi connectivity index (χ0n) is 14.6. The molecule has 2 aromatic rings. The second kappa shape index (κ2) is 9.37. The van der Waals surface area contributed by atoms with E-state index in [1.807, 2.05) is 31.2 Å². The van der Waals surface area contributed by atoms with E-state index in [0.717, 1.165) is 35.6 Å². The van der Waals surface area contributed by atoms with Gasteiger partial charge in [-0.05, 0) is 44.0 Å². The summed E-state index contributed by atoms with van der Waals surface area (Å²) in [6.07, 6.45) is 3.38. The molecule has 1 heterocycles. The van der Waals surface area contributed by atoms with Gasteiger partial charge >= 0.3 is 0 Å². The number of rotatable bonds is 9. The third-order valence-corrected chi connectivity index (χ3v) is 4.55. The number of unbranched alkanes of at least 4 members (excludes halogenated alkanes) is 1. The average molecular weight is 347 g/mol. The van der Waals surface area contributed by atoms with Gasteiger partial charge in [-0.2, -0.15) is 0 Å². The highest BCUT2D eigenvalue weighted by atomic mass is 32.1. The highest BCUT2D eigenvalue weighted by Crippen LogP contribution is 2.30. The van der Waals surface area contributed by atoms with Crippen LogP contribution in [0.2, 0.25) is 0 Å². The molecule has 0 spiro atoms. The number of carbonyl (C=O) groups excluding carboxylic acids is 1. The van der Waals surface area contributed by atoms with Crippen molar-refractivity contribution in [2.75, 3.05) is 18.1 Å². The van der Waals surface area contributed by atoms with Crippen molar-refractivity contribution in [3.05, 3.63) is 24.3 Å². The standard InChI is InChI=1S/C18H25N3O2S/c1-4-7-8-16(22)21(13-5-2)18-20-19-17(24-18)14-9-11-15(12-10-14)23-6-3/h9-12H,4-8,13H2,1-3H3. The first-order valence-corrected chi connectivity index (χ1v) is 9.38. The number of anilines is 1. The Hall–Kier alpha value is -1.95. The van der Waals surface area contributed by atoms with Gasteiger partial charge in [0, 0.05) is 18.5 Å². The molecule has 5 nitrogen and oxygen atoms in total. The Bertz CT molecular complexity index is 640. The second-order valence-electron chi connectivity index (χ2n) is 5.50. The van der Waals surface area contributed by atoms with E-state index < -0.39 is 0 Å². The fourth-order valence-electron chi connectivity index (χ4n) is 2.32. The number of hydrogen-bond acceptors (Lipinski definition) is 5. The second-order valence-corrected chi connectivity index (χ2v) is 6.45. The molecular weight excluding hydrogens is 322 g/mol. The molecule has 1 aromatic carbocycles. The van der Waals surface area contributed by atoms with E-state index in [4.69, 9.17) is 4.74 Å². The fourth-order valence-corrected chi connectivity index (χ4v) is 3.21. The van der Waals surface area contributed by atoms with Gasteiger partial charge in [0.15, 0.2) is 0 Å². The van der Waals surface area contributed by atoms with E-state index in [0.29, 0.717) is 24.7 Å². The van der Waals surface area contributed by atoms with Gasteiger partial charge < -0.3 is 4.74 Å². The Kier molecular flexibility index (Phi) is 7.18. The van der Waals surface area contributed by atoms with Crippen LogP contribution >= 0.6 is 11.3 Å². The maximum absolute atomic E-state index is 12.4. The lowest BCUT2D eigenvalue weighted by atomic mass is 10.2. The lowest BCUT2D eigenvalue weighted by Gasteiger charge is -2.18. The number of nitrogens with zero attached hydrogens (tertiary/aromatic N) is 3.